The van der Waals surface area contributed by atoms with Crippen LogP contribution in [0.5, 0.6) is 0 Å². The van der Waals surface area contributed by atoms with Crippen LogP contribution in [0.15, 0.2) is 29.3 Å². The molecule has 1 aromatic rings. The van der Waals surface area contributed by atoms with E-state index in [1.54, 1.807) is 13.0 Å². The van der Waals surface area contributed by atoms with Crippen molar-refractivity contribution in [1.29, 1.82) is 0 Å². The summed E-state index contributed by atoms with van der Waals surface area (Å²) in [5.74, 6) is 0.175. The Bertz CT molecular complexity index is 609. The molecule has 0 N–H and O–H groups in total. The highest BCUT2D eigenvalue weighted by atomic mass is 16.5. The van der Waals surface area contributed by atoms with Crippen molar-refractivity contribution in [2.24, 2.45) is 4.99 Å². The van der Waals surface area contributed by atoms with Gasteiger partial charge >= 0.3 is 5.97 Å². The monoisotopic (exact) mass is 317 g/mol. The number of amidine groups is 1. The second kappa shape index (κ2) is 7.76. The summed E-state index contributed by atoms with van der Waals surface area (Å²) in [4.78, 5) is 32.7. The van der Waals surface area contributed by atoms with Crippen molar-refractivity contribution in [1.82, 2.24) is 4.90 Å². The first-order valence-electron chi connectivity index (χ1n) is 7.98. The zero-order valence-corrected chi connectivity index (χ0v) is 13.9. The van der Waals surface area contributed by atoms with Crippen molar-refractivity contribution in [3.05, 3.63) is 24.3 Å². The number of benzene rings is 1. The molecule has 2 rings (SSSR count). The predicted molar refractivity (Wildman–Crippen MR) is 90.1 cm³/mol. The van der Waals surface area contributed by atoms with Gasteiger partial charge in [0, 0.05) is 13.1 Å². The summed E-state index contributed by atoms with van der Waals surface area (Å²) in [7, 11) is 0. The fourth-order valence-corrected chi connectivity index (χ4v) is 2.61. The minimum Gasteiger partial charge on any atom is -0.465 e. The van der Waals surface area contributed by atoms with Gasteiger partial charge in [0.25, 0.3) is 0 Å². The van der Waals surface area contributed by atoms with E-state index in [1.165, 1.54) is 4.90 Å². The number of esters is 1. The van der Waals surface area contributed by atoms with E-state index in [4.69, 9.17) is 4.74 Å². The minimum absolute atomic E-state index is 0.0925. The molecule has 1 aliphatic heterocycles. The summed E-state index contributed by atoms with van der Waals surface area (Å²) in [6.07, 6.45) is 0.176. The molecule has 23 heavy (non-hydrogen) atoms. The third kappa shape index (κ3) is 3.88. The number of fused-ring (bicyclic) bond motifs is 1. The molecule has 0 aromatic heterocycles. The highest BCUT2D eigenvalue weighted by molar-refractivity contribution is 6.12. The van der Waals surface area contributed by atoms with Crippen molar-refractivity contribution in [2.75, 3.05) is 31.1 Å². The average molecular weight is 317 g/mol. The summed E-state index contributed by atoms with van der Waals surface area (Å²) in [6, 6.07) is 7.37. The lowest BCUT2D eigenvalue weighted by atomic mass is 10.2. The molecule has 0 fully saturated rings. The number of nitrogens with zero attached hydrogens (tertiary/aromatic N) is 3. The largest absolute Gasteiger partial charge is 0.465 e. The summed E-state index contributed by atoms with van der Waals surface area (Å²) in [5, 5.41) is 0. The van der Waals surface area contributed by atoms with Crippen molar-refractivity contribution in [3.63, 3.8) is 0 Å². The van der Waals surface area contributed by atoms with Crippen molar-refractivity contribution in [3.8, 4) is 0 Å². The first-order chi connectivity index (χ1) is 11.1. The lowest BCUT2D eigenvalue weighted by Crippen LogP contribution is -2.39. The van der Waals surface area contributed by atoms with Crippen molar-refractivity contribution < 1.29 is 14.3 Å². The SMILES string of the molecule is CCOC(=O)CN1C(=O)CC(N(CC)CC)=Nc2ccccc21. The number of carbonyl (C=O) groups excluding carboxylic acids is 2. The van der Waals surface area contributed by atoms with Gasteiger partial charge in [-0.05, 0) is 32.9 Å². The number of rotatable bonds is 5. The first-order valence-corrected chi connectivity index (χ1v) is 7.98. The van der Waals surface area contributed by atoms with E-state index in [2.05, 4.69) is 9.89 Å². The predicted octanol–water partition coefficient (Wildman–Crippen LogP) is 2.36. The lowest BCUT2D eigenvalue weighted by Gasteiger charge is -2.23. The van der Waals surface area contributed by atoms with E-state index >= 15 is 0 Å². The molecule has 124 valence electrons. The molecule has 0 unspecified atom stereocenters. The van der Waals surface area contributed by atoms with Gasteiger partial charge in [-0.15, -0.1) is 0 Å². The number of hydrogen-bond acceptors (Lipinski definition) is 5. The Kier molecular flexibility index (Phi) is 5.73. The van der Waals surface area contributed by atoms with Crippen LogP contribution in [-0.2, 0) is 14.3 Å². The molecule has 0 aliphatic carbocycles. The Labute approximate surface area is 136 Å². The van der Waals surface area contributed by atoms with Crippen LogP contribution < -0.4 is 4.90 Å². The molecule has 6 nitrogen and oxygen atoms in total. The molecule has 1 aromatic carbocycles. The Balaban J connectivity index is 2.38. The summed E-state index contributed by atoms with van der Waals surface area (Å²) in [6.45, 7) is 7.57. The first kappa shape index (κ1) is 17.0. The smallest absolute Gasteiger partial charge is 0.326 e. The van der Waals surface area contributed by atoms with Crippen LogP contribution in [0.25, 0.3) is 0 Å². The van der Waals surface area contributed by atoms with E-state index in [0.717, 1.165) is 18.9 Å². The molecule has 1 heterocycles. The van der Waals surface area contributed by atoms with Crippen LogP contribution in [0.2, 0.25) is 0 Å². The van der Waals surface area contributed by atoms with Crippen LogP contribution >= 0.6 is 0 Å². The van der Waals surface area contributed by atoms with Gasteiger partial charge in [-0.3, -0.25) is 14.5 Å². The third-order valence-corrected chi connectivity index (χ3v) is 3.75. The molecular formula is C17H23N3O3. The second-order valence-electron chi connectivity index (χ2n) is 5.15. The quantitative estimate of drug-likeness (QED) is 0.782. The number of anilines is 1. The maximum absolute atomic E-state index is 12.7. The zero-order chi connectivity index (χ0) is 16.8. The molecule has 0 atom stereocenters. The van der Waals surface area contributed by atoms with Crippen LogP contribution in [-0.4, -0.2) is 48.9 Å². The Morgan fingerprint density at radius 3 is 2.61 bits per heavy atom. The molecule has 6 heteroatoms. The van der Waals surface area contributed by atoms with Gasteiger partial charge in [-0.25, -0.2) is 4.99 Å². The highest BCUT2D eigenvalue weighted by Crippen LogP contribution is 2.32. The van der Waals surface area contributed by atoms with Gasteiger partial charge in [0.15, 0.2) is 0 Å². The summed E-state index contributed by atoms with van der Waals surface area (Å²) in [5.41, 5.74) is 1.34. The van der Waals surface area contributed by atoms with Gasteiger partial charge in [-0.1, -0.05) is 12.1 Å². The normalized spacial score (nSPS) is 14.0. The fourth-order valence-electron chi connectivity index (χ4n) is 2.61. The van der Waals surface area contributed by atoms with E-state index in [9.17, 15) is 9.59 Å². The number of ether oxygens (including phenoxy) is 1. The van der Waals surface area contributed by atoms with Crippen molar-refractivity contribution >= 4 is 29.1 Å². The zero-order valence-electron chi connectivity index (χ0n) is 13.9. The Morgan fingerprint density at radius 1 is 1.26 bits per heavy atom. The van der Waals surface area contributed by atoms with Crippen LogP contribution in [0.1, 0.15) is 27.2 Å². The molecule has 0 saturated heterocycles. The lowest BCUT2D eigenvalue weighted by molar-refractivity contribution is -0.142. The molecule has 0 spiro atoms. The van der Waals surface area contributed by atoms with E-state index in [1.807, 2.05) is 32.0 Å². The van der Waals surface area contributed by atoms with E-state index in [-0.39, 0.29) is 18.9 Å². The van der Waals surface area contributed by atoms with Gasteiger partial charge in [-0.2, -0.15) is 0 Å². The Morgan fingerprint density at radius 2 is 1.96 bits per heavy atom. The maximum Gasteiger partial charge on any atom is 0.326 e. The molecule has 1 amide bonds. The average Bonchev–Trinajstić information content (AvgIpc) is 2.67. The summed E-state index contributed by atoms with van der Waals surface area (Å²) >= 11 is 0. The highest BCUT2D eigenvalue weighted by Gasteiger charge is 2.27. The number of aliphatic imine (C=N–C) groups is 1. The van der Waals surface area contributed by atoms with Crippen LogP contribution in [0.4, 0.5) is 11.4 Å². The van der Waals surface area contributed by atoms with E-state index < -0.39 is 5.97 Å². The number of para-hydroxylation sites is 2. The van der Waals surface area contributed by atoms with E-state index in [0.29, 0.717) is 18.0 Å². The van der Waals surface area contributed by atoms with Gasteiger partial charge in [0.1, 0.15) is 12.4 Å². The van der Waals surface area contributed by atoms with Crippen LogP contribution in [0.3, 0.4) is 0 Å². The molecule has 0 saturated carbocycles. The molecular weight excluding hydrogens is 294 g/mol. The minimum atomic E-state index is -0.415. The van der Waals surface area contributed by atoms with Gasteiger partial charge in [0.05, 0.1) is 24.4 Å². The molecule has 0 bridgehead atoms. The topological polar surface area (TPSA) is 62.2 Å². The molecule has 0 radical (unpaired) electrons. The summed E-state index contributed by atoms with van der Waals surface area (Å²) < 4.78 is 4.98. The van der Waals surface area contributed by atoms with Gasteiger partial charge in [0.2, 0.25) is 5.91 Å². The maximum atomic E-state index is 12.7. The third-order valence-electron chi connectivity index (χ3n) is 3.75. The second-order valence-corrected chi connectivity index (χ2v) is 5.15. The van der Waals surface area contributed by atoms with Crippen molar-refractivity contribution in [2.45, 2.75) is 27.2 Å². The number of carbonyl (C=O) groups is 2. The molecule has 1 aliphatic rings. The number of hydrogen-bond donors (Lipinski definition) is 0. The fraction of sp³-hybridized carbons (Fsp3) is 0.471. The standard InChI is InChI=1S/C17H23N3O3/c1-4-19(5-2)15-11-16(21)20(12-17(22)23-6-3)14-10-8-7-9-13(14)18-15/h7-10H,4-6,11-12H2,1-3H3. The van der Waals surface area contributed by atoms with Gasteiger partial charge < -0.3 is 9.64 Å². The number of amides is 1. The van der Waals surface area contributed by atoms with Crippen LogP contribution in [0, 0.1) is 0 Å². The Hall–Kier alpha value is -2.37.